The molecule has 0 saturated heterocycles. The van der Waals surface area contributed by atoms with Gasteiger partial charge in [0.1, 0.15) is 18.6 Å². The Morgan fingerprint density at radius 3 is 2.68 bits per heavy atom. The average molecular weight is 328 g/mol. The molecule has 1 aliphatic heterocycles. The van der Waals surface area contributed by atoms with E-state index in [1.165, 1.54) is 17.0 Å². The molecule has 0 aromatic heterocycles. The molecular formula is C13H16N2O6S. The standard InChI is InChI=1S/C13H16N2O6S/c1-8-4-12(16)15(6-13(17)18)11-5-9(2-3-10(8)11)14-7-22(19,20)21/h2-5,12,14,16H,6-7H2,1H3,(H,17,18)(H,19,20,21). The van der Waals surface area contributed by atoms with E-state index in [-0.39, 0.29) is 0 Å². The van der Waals surface area contributed by atoms with Crippen LogP contribution in [0.5, 0.6) is 0 Å². The van der Waals surface area contributed by atoms with Crippen molar-refractivity contribution in [2.24, 2.45) is 0 Å². The van der Waals surface area contributed by atoms with Gasteiger partial charge < -0.3 is 20.4 Å². The first-order valence-corrected chi connectivity index (χ1v) is 7.96. The summed E-state index contributed by atoms with van der Waals surface area (Å²) in [5.74, 6) is -1.77. The van der Waals surface area contributed by atoms with Crippen molar-refractivity contribution in [3.63, 3.8) is 0 Å². The van der Waals surface area contributed by atoms with Gasteiger partial charge >= 0.3 is 5.97 Å². The number of carboxylic acids is 1. The van der Waals surface area contributed by atoms with E-state index in [1.807, 2.05) is 0 Å². The van der Waals surface area contributed by atoms with Crippen LogP contribution >= 0.6 is 0 Å². The lowest BCUT2D eigenvalue weighted by Gasteiger charge is -2.33. The molecule has 0 saturated carbocycles. The second-order valence-corrected chi connectivity index (χ2v) is 6.37. The molecule has 0 bridgehead atoms. The maximum absolute atomic E-state index is 10.9. The largest absolute Gasteiger partial charge is 0.480 e. The fraction of sp³-hybridized carbons (Fsp3) is 0.308. The summed E-state index contributed by atoms with van der Waals surface area (Å²) in [5.41, 5.74) is 2.37. The molecular weight excluding hydrogens is 312 g/mol. The van der Waals surface area contributed by atoms with E-state index < -0.39 is 34.7 Å². The van der Waals surface area contributed by atoms with Gasteiger partial charge in [-0.3, -0.25) is 9.35 Å². The van der Waals surface area contributed by atoms with Gasteiger partial charge in [-0.2, -0.15) is 8.42 Å². The highest BCUT2D eigenvalue weighted by molar-refractivity contribution is 7.85. The third kappa shape index (κ3) is 3.75. The van der Waals surface area contributed by atoms with Gasteiger partial charge in [-0.25, -0.2) is 0 Å². The molecule has 4 N–H and O–H groups in total. The average Bonchev–Trinajstić information content (AvgIpc) is 2.40. The molecule has 0 amide bonds. The predicted molar refractivity (Wildman–Crippen MR) is 81.1 cm³/mol. The summed E-state index contributed by atoms with van der Waals surface area (Å²) in [6.45, 7) is 1.38. The number of benzene rings is 1. The van der Waals surface area contributed by atoms with Crippen LogP contribution in [0.15, 0.2) is 24.3 Å². The minimum absolute atomic E-state index is 0.383. The highest BCUT2D eigenvalue weighted by atomic mass is 32.2. The first-order valence-electron chi connectivity index (χ1n) is 6.36. The number of nitrogens with one attached hydrogen (secondary N) is 1. The first-order chi connectivity index (χ1) is 10.2. The third-order valence-electron chi connectivity index (χ3n) is 3.21. The van der Waals surface area contributed by atoms with Crippen molar-refractivity contribution >= 4 is 33.0 Å². The topological polar surface area (TPSA) is 127 Å². The van der Waals surface area contributed by atoms with Crippen molar-refractivity contribution in [3.8, 4) is 0 Å². The minimum Gasteiger partial charge on any atom is -0.480 e. The van der Waals surface area contributed by atoms with Crippen LogP contribution in [0.4, 0.5) is 11.4 Å². The fourth-order valence-corrected chi connectivity index (χ4v) is 2.61. The molecule has 2 rings (SSSR count). The van der Waals surface area contributed by atoms with Crippen molar-refractivity contribution in [3.05, 3.63) is 29.8 Å². The molecule has 0 spiro atoms. The Bertz CT molecular complexity index is 728. The summed E-state index contributed by atoms with van der Waals surface area (Å²) in [7, 11) is -4.18. The number of rotatable bonds is 5. The Hall–Kier alpha value is -2.10. The number of aliphatic hydroxyl groups is 1. The lowest BCUT2D eigenvalue weighted by atomic mass is 9.99. The number of carbonyl (C=O) groups is 1. The zero-order valence-electron chi connectivity index (χ0n) is 11.7. The maximum atomic E-state index is 10.9. The molecule has 120 valence electrons. The summed E-state index contributed by atoms with van der Waals surface area (Å²) in [4.78, 5) is 12.2. The highest BCUT2D eigenvalue weighted by Gasteiger charge is 2.25. The Labute approximate surface area is 127 Å². The number of hydrogen-bond acceptors (Lipinski definition) is 6. The molecule has 0 radical (unpaired) electrons. The van der Waals surface area contributed by atoms with Crippen molar-refractivity contribution in [1.82, 2.24) is 0 Å². The molecule has 1 unspecified atom stereocenters. The van der Waals surface area contributed by atoms with E-state index in [0.717, 1.165) is 11.1 Å². The van der Waals surface area contributed by atoms with E-state index in [1.54, 1.807) is 19.1 Å². The summed E-state index contributed by atoms with van der Waals surface area (Å²) in [5, 5.41) is 21.5. The molecule has 22 heavy (non-hydrogen) atoms. The molecule has 9 heteroatoms. The summed E-state index contributed by atoms with van der Waals surface area (Å²) in [6.07, 6.45) is 0.455. The Kier molecular flexibility index (Phi) is 4.40. The second-order valence-electron chi connectivity index (χ2n) is 4.92. The Morgan fingerprint density at radius 2 is 2.09 bits per heavy atom. The number of allylic oxidation sites excluding steroid dienone is 1. The van der Waals surface area contributed by atoms with E-state index in [0.29, 0.717) is 11.4 Å². The van der Waals surface area contributed by atoms with Gasteiger partial charge in [0, 0.05) is 16.9 Å². The van der Waals surface area contributed by atoms with Crippen LogP contribution < -0.4 is 10.2 Å². The molecule has 8 nitrogen and oxygen atoms in total. The zero-order valence-corrected chi connectivity index (χ0v) is 12.5. The molecule has 1 aliphatic rings. The number of anilines is 2. The van der Waals surface area contributed by atoms with Gasteiger partial charge in [0.25, 0.3) is 10.1 Å². The molecule has 1 aromatic carbocycles. The van der Waals surface area contributed by atoms with Crippen LogP contribution in [0.2, 0.25) is 0 Å². The summed E-state index contributed by atoms with van der Waals surface area (Å²) < 4.78 is 30.3. The highest BCUT2D eigenvalue weighted by Crippen LogP contribution is 2.35. The number of carboxylic acid groups (broad SMARTS) is 1. The zero-order chi connectivity index (χ0) is 16.5. The summed E-state index contributed by atoms with van der Waals surface area (Å²) in [6, 6.07) is 4.83. The van der Waals surface area contributed by atoms with E-state index in [9.17, 15) is 18.3 Å². The Morgan fingerprint density at radius 1 is 1.41 bits per heavy atom. The van der Waals surface area contributed by atoms with Gasteiger partial charge in [-0.05, 0) is 30.7 Å². The molecule has 1 atom stereocenters. The van der Waals surface area contributed by atoms with Crippen LogP contribution in [-0.4, -0.2) is 47.8 Å². The SMILES string of the molecule is CC1=CC(O)N(CC(=O)O)c2cc(NCS(=O)(=O)O)ccc21. The molecule has 0 fully saturated rings. The van der Waals surface area contributed by atoms with Crippen LogP contribution in [0, 0.1) is 0 Å². The maximum Gasteiger partial charge on any atom is 0.323 e. The van der Waals surface area contributed by atoms with Crippen LogP contribution in [0.25, 0.3) is 5.57 Å². The van der Waals surface area contributed by atoms with Gasteiger partial charge in [-0.1, -0.05) is 6.07 Å². The van der Waals surface area contributed by atoms with Crippen LogP contribution in [0.1, 0.15) is 12.5 Å². The smallest absolute Gasteiger partial charge is 0.323 e. The summed E-state index contributed by atoms with van der Waals surface area (Å²) >= 11 is 0. The van der Waals surface area contributed by atoms with E-state index in [2.05, 4.69) is 5.32 Å². The van der Waals surface area contributed by atoms with Crippen molar-refractivity contribution in [1.29, 1.82) is 0 Å². The van der Waals surface area contributed by atoms with Gasteiger partial charge in [0.05, 0.1) is 0 Å². The number of fused-ring (bicyclic) bond motifs is 1. The second kappa shape index (κ2) is 5.95. The van der Waals surface area contributed by atoms with Crippen molar-refractivity contribution in [2.45, 2.75) is 13.2 Å². The first kappa shape index (κ1) is 16.3. The van der Waals surface area contributed by atoms with E-state index >= 15 is 0 Å². The van der Waals surface area contributed by atoms with Crippen molar-refractivity contribution < 1.29 is 28.0 Å². The number of nitrogens with zero attached hydrogens (tertiary/aromatic N) is 1. The number of aliphatic carboxylic acids is 1. The fourth-order valence-electron chi connectivity index (χ4n) is 2.26. The van der Waals surface area contributed by atoms with E-state index in [4.69, 9.17) is 9.66 Å². The minimum atomic E-state index is -4.18. The molecule has 0 aliphatic carbocycles. The van der Waals surface area contributed by atoms with Gasteiger partial charge in [-0.15, -0.1) is 0 Å². The van der Waals surface area contributed by atoms with Crippen molar-refractivity contribution in [2.75, 3.05) is 22.6 Å². The molecule has 1 aromatic rings. The van der Waals surface area contributed by atoms with Gasteiger partial charge in [0.15, 0.2) is 0 Å². The lowest BCUT2D eigenvalue weighted by Crippen LogP contribution is -2.40. The number of aliphatic hydroxyl groups excluding tert-OH is 1. The van der Waals surface area contributed by atoms with Crippen LogP contribution in [-0.2, 0) is 14.9 Å². The van der Waals surface area contributed by atoms with Gasteiger partial charge in [0.2, 0.25) is 0 Å². The third-order valence-corrected chi connectivity index (χ3v) is 3.72. The monoisotopic (exact) mass is 328 g/mol. The normalized spacial score (nSPS) is 17.7. The van der Waals surface area contributed by atoms with Crippen LogP contribution in [0.3, 0.4) is 0 Å². The molecule has 1 heterocycles. The Balaban J connectivity index is 2.37. The quantitative estimate of drug-likeness (QED) is 0.578. The predicted octanol–water partition coefficient (Wildman–Crippen LogP) is 0.570. The number of hydrogen-bond donors (Lipinski definition) is 4. The lowest BCUT2D eigenvalue weighted by molar-refractivity contribution is -0.135.